The quantitative estimate of drug-likeness (QED) is 0.797. The van der Waals surface area contributed by atoms with Gasteiger partial charge in [-0.15, -0.1) is 11.3 Å². The van der Waals surface area contributed by atoms with E-state index in [9.17, 15) is 0 Å². The lowest BCUT2D eigenvalue weighted by atomic mass is 10.1. The molecule has 1 aromatic heterocycles. The van der Waals surface area contributed by atoms with E-state index in [1.807, 2.05) is 0 Å². The molecule has 0 saturated carbocycles. The van der Waals surface area contributed by atoms with E-state index in [0.29, 0.717) is 0 Å². The van der Waals surface area contributed by atoms with Crippen LogP contribution in [0.5, 0.6) is 0 Å². The van der Waals surface area contributed by atoms with Crippen LogP contribution in [0.2, 0.25) is 0 Å². The van der Waals surface area contributed by atoms with Crippen molar-refractivity contribution >= 4 is 27.3 Å². The standard InChI is InChI=1S/C11H10BrNS/c1-2-8-3-5-9(6-4-8)10-7-14-11(12)13-10/h3-7H,2H2,1H3. The zero-order valence-electron chi connectivity index (χ0n) is 7.83. The molecule has 0 unspecified atom stereocenters. The Hall–Kier alpha value is -0.670. The third kappa shape index (κ3) is 2.04. The van der Waals surface area contributed by atoms with E-state index in [1.165, 1.54) is 11.1 Å². The van der Waals surface area contributed by atoms with Crippen LogP contribution in [0, 0.1) is 0 Å². The zero-order valence-corrected chi connectivity index (χ0v) is 10.2. The van der Waals surface area contributed by atoms with Gasteiger partial charge in [0.1, 0.15) is 0 Å². The minimum atomic E-state index is 0.937. The molecule has 0 atom stereocenters. The first-order valence-electron chi connectivity index (χ1n) is 4.50. The van der Waals surface area contributed by atoms with E-state index in [1.54, 1.807) is 11.3 Å². The van der Waals surface area contributed by atoms with Crippen molar-refractivity contribution in [2.45, 2.75) is 13.3 Å². The van der Waals surface area contributed by atoms with Gasteiger partial charge in [0.2, 0.25) is 0 Å². The van der Waals surface area contributed by atoms with Crippen molar-refractivity contribution in [1.29, 1.82) is 0 Å². The summed E-state index contributed by atoms with van der Waals surface area (Å²) in [5.41, 5.74) is 3.59. The molecule has 0 amide bonds. The van der Waals surface area contributed by atoms with Crippen molar-refractivity contribution in [3.63, 3.8) is 0 Å². The van der Waals surface area contributed by atoms with Crippen molar-refractivity contribution in [2.24, 2.45) is 0 Å². The Balaban J connectivity index is 2.33. The number of hydrogen-bond donors (Lipinski definition) is 0. The van der Waals surface area contributed by atoms with Crippen LogP contribution in [0.15, 0.2) is 33.6 Å². The van der Waals surface area contributed by atoms with Crippen LogP contribution in [0.3, 0.4) is 0 Å². The fourth-order valence-electron chi connectivity index (χ4n) is 1.30. The summed E-state index contributed by atoms with van der Waals surface area (Å²) in [7, 11) is 0. The van der Waals surface area contributed by atoms with Crippen molar-refractivity contribution < 1.29 is 0 Å². The fraction of sp³-hybridized carbons (Fsp3) is 0.182. The average Bonchev–Trinajstić information content (AvgIpc) is 2.65. The second-order valence-electron chi connectivity index (χ2n) is 3.04. The smallest absolute Gasteiger partial charge is 0.159 e. The molecular weight excluding hydrogens is 258 g/mol. The van der Waals surface area contributed by atoms with Crippen LogP contribution < -0.4 is 0 Å². The van der Waals surface area contributed by atoms with Crippen molar-refractivity contribution in [1.82, 2.24) is 4.98 Å². The molecule has 0 N–H and O–H groups in total. The van der Waals surface area contributed by atoms with E-state index in [2.05, 4.69) is 57.5 Å². The van der Waals surface area contributed by atoms with Crippen LogP contribution in [-0.2, 0) is 6.42 Å². The van der Waals surface area contributed by atoms with E-state index >= 15 is 0 Å². The first kappa shape index (κ1) is 9.87. The highest BCUT2D eigenvalue weighted by atomic mass is 79.9. The van der Waals surface area contributed by atoms with Crippen LogP contribution >= 0.6 is 27.3 Å². The second-order valence-corrected chi connectivity index (χ2v) is 5.17. The lowest BCUT2D eigenvalue weighted by Gasteiger charge is -1.98. The Morgan fingerprint density at radius 1 is 1.29 bits per heavy atom. The molecule has 2 rings (SSSR count). The van der Waals surface area contributed by atoms with Crippen LogP contribution in [0.25, 0.3) is 11.3 Å². The van der Waals surface area contributed by atoms with Gasteiger partial charge in [-0.3, -0.25) is 0 Å². The molecule has 3 heteroatoms. The molecule has 0 spiro atoms. The predicted octanol–water partition coefficient (Wildman–Crippen LogP) is 4.14. The molecule has 0 fully saturated rings. The molecule has 0 aliphatic rings. The molecule has 0 aliphatic carbocycles. The summed E-state index contributed by atoms with van der Waals surface area (Å²) in [6, 6.07) is 8.56. The van der Waals surface area contributed by atoms with E-state index < -0.39 is 0 Å². The number of thiazole rings is 1. The average molecular weight is 268 g/mol. The zero-order chi connectivity index (χ0) is 9.97. The first-order chi connectivity index (χ1) is 6.79. The van der Waals surface area contributed by atoms with E-state index in [0.717, 1.165) is 16.0 Å². The minimum absolute atomic E-state index is 0.937. The fourth-order valence-corrected chi connectivity index (χ4v) is 2.32. The summed E-state index contributed by atoms with van der Waals surface area (Å²) < 4.78 is 0.937. The summed E-state index contributed by atoms with van der Waals surface area (Å²) in [5.74, 6) is 0. The van der Waals surface area contributed by atoms with Gasteiger partial charge < -0.3 is 0 Å². The third-order valence-electron chi connectivity index (χ3n) is 2.13. The second kappa shape index (κ2) is 4.24. The SMILES string of the molecule is CCc1ccc(-c2csc(Br)n2)cc1. The third-order valence-corrected chi connectivity index (χ3v) is 3.50. The molecule has 0 bridgehead atoms. The molecule has 1 nitrogen and oxygen atoms in total. The molecule has 72 valence electrons. The Morgan fingerprint density at radius 3 is 2.50 bits per heavy atom. The maximum absolute atomic E-state index is 4.37. The van der Waals surface area contributed by atoms with Gasteiger partial charge in [-0.05, 0) is 27.9 Å². The van der Waals surface area contributed by atoms with Crippen molar-refractivity contribution in [3.8, 4) is 11.3 Å². The highest BCUT2D eigenvalue weighted by molar-refractivity contribution is 9.11. The van der Waals surface area contributed by atoms with Crippen molar-refractivity contribution in [2.75, 3.05) is 0 Å². The molecule has 0 aliphatic heterocycles. The minimum Gasteiger partial charge on any atom is -0.229 e. The van der Waals surface area contributed by atoms with Crippen molar-refractivity contribution in [3.05, 3.63) is 39.1 Å². The maximum Gasteiger partial charge on any atom is 0.159 e. The van der Waals surface area contributed by atoms with Gasteiger partial charge in [-0.2, -0.15) is 0 Å². The molecular formula is C11H10BrNS. The molecule has 1 aromatic carbocycles. The topological polar surface area (TPSA) is 12.9 Å². The van der Waals surface area contributed by atoms with Gasteiger partial charge in [0.15, 0.2) is 3.92 Å². The van der Waals surface area contributed by atoms with Gasteiger partial charge in [-0.25, -0.2) is 4.98 Å². The van der Waals surface area contributed by atoms with Crippen LogP contribution in [-0.4, -0.2) is 4.98 Å². The summed E-state index contributed by atoms with van der Waals surface area (Å²) in [5, 5.41) is 2.06. The number of hydrogen-bond acceptors (Lipinski definition) is 2. The molecule has 14 heavy (non-hydrogen) atoms. The van der Waals surface area contributed by atoms with Gasteiger partial charge in [0.25, 0.3) is 0 Å². The highest BCUT2D eigenvalue weighted by Crippen LogP contribution is 2.25. The normalized spacial score (nSPS) is 10.4. The molecule has 0 saturated heterocycles. The Kier molecular flexibility index (Phi) is 2.99. The summed E-state index contributed by atoms with van der Waals surface area (Å²) in [6.45, 7) is 2.16. The predicted molar refractivity (Wildman–Crippen MR) is 64.6 cm³/mol. The molecule has 0 radical (unpaired) electrons. The van der Waals surface area contributed by atoms with E-state index in [-0.39, 0.29) is 0 Å². The monoisotopic (exact) mass is 267 g/mol. The Labute approximate surface area is 95.9 Å². The highest BCUT2D eigenvalue weighted by Gasteiger charge is 2.01. The number of nitrogens with zero attached hydrogens (tertiary/aromatic N) is 1. The summed E-state index contributed by atoms with van der Waals surface area (Å²) >= 11 is 4.98. The number of benzene rings is 1. The largest absolute Gasteiger partial charge is 0.229 e. The first-order valence-corrected chi connectivity index (χ1v) is 6.17. The van der Waals surface area contributed by atoms with E-state index in [4.69, 9.17) is 0 Å². The summed E-state index contributed by atoms with van der Waals surface area (Å²) in [6.07, 6.45) is 1.08. The van der Waals surface area contributed by atoms with Crippen LogP contribution in [0.1, 0.15) is 12.5 Å². The maximum atomic E-state index is 4.37. The number of halogens is 1. The lowest BCUT2D eigenvalue weighted by Crippen LogP contribution is -1.81. The molecule has 2 aromatic rings. The Morgan fingerprint density at radius 2 is 2.00 bits per heavy atom. The lowest BCUT2D eigenvalue weighted by molar-refractivity contribution is 1.14. The van der Waals surface area contributed by atoms with Gasteiger partial charge in [0.05, 0.1) is 5.69 Å². The summed E-state index contributed by atoms with van der Waals surface area (Å²) in [4.78, 5) is 4.37. The van der Waals surface area contributed by atoms with Gasteiger partial charge >= 0.3 is 0 Å². The number of aromatic nitrogens is 1. The van der Waals surface area contributed by atoms with Crippen LogP contribution in [0.4, 0.5) is 0 Å². The number of aryl methyl sites for hydroxylation is 1. The van der Waals surface area contributed by atoms with Gasteiger partial charge in [-0.1, -0.05) is 31.2 Å². The van der Waals surface area contributed by atoms with Gasteiger partial charge in [0, 0.05) is 10.9 Å². The Bertz CT molecular complexity index is 419. The molecule has 1 heterocycles. The number of rotatable bonds is 2.